The summed E-state index contributed by atoms with van der Waals surface area (Å²) in [7, 11) is 1.83. The van der Waals surface area contributed by atoms with E-state index in [4.69, 9.17) is 9.47 Å². The number of methoxy groups -OCH3 is 2. The molecule has 0 bridgehead atoms. The molecular formula is C36H40N4O7S. The van der Waals surface area contributed by atoms with Crippen LogP contribution >= 0.6 is 0 Å². The number of benzene rings is 4. The maximum absolute atomic E-state index is 13.7. The first kappa shape index (κ1) is 35.7. The van der Waals surface area contributed by atoms with Crippen LogP contribution in [-0.4, -0.2) is 72.3 Å². The van der Waals surface area contributed by atoms with E-state index in [-0.39, 0.29) is 12.8 Å². The summed E-state index contributed by atoms with van der Waals surface area (Å²) in [5.41, 5.74) is 2.58. The molecule has 0 aliphatic carbocycles. The fourth-order valence-corrected chi connectivity index (χ4v) is 6.21. The summed E-state index contributed by atoms with van der Waals surface area (Å²) >= 11 is 0. The fraction of sp³-hybridized carbons (Fsp3) is 0.250. The molecule has 252 valence electrons. The second-order valence-electron chi connectivity index (χ2n) is 11.1. The molecule has 0 spiro atoms. The minimum absolute atomic E-state index is 0.0444. The van der Waals surface area contributed by atoms with E-state index in [1.807, 2.05) is 36.4 Å². The van der Waals surface area contributed by atoms with Crippen molar-refractivity contribution in [3.63, 3.8) is 0 Å². The van der Waals surface area contributed by atoms with Gasteiger partial charge in [-0.2, -0.15) is 0 Å². The van der Waals surface area contributed by atoms with Crippen molar-refractivity contribution in [2.45, 2.75) is 24.9 Å². The van der Waals surface area contributed by atoms with Gasteiger partial charge in [-0.3, -0.25) is 14.4 Å². The molecule has 4 aromatic rings. The van der Waals surface area contributed by atoms with Gasteiger partial charge in [-0.1, -0.05) is 60.7 Å². The number of carbonyl (C=O) groups excluding carboxylic acids is 3. The van der Waals surface area contributed by atoms with Crippen LogP contribution < -0.4 is 29.3 Å². The third-order valence-corrected chi connectivity index (χ3v) is 9.01. The van der Waals surface area contributed by atoms with Crippen LogP contribution in [0.1, 0.15) is 11.1 Å². The third-order valence-electron chi connectivity index (χ3n) is 7.72. The molecule has 0 aliphatic rings. The van der Waals surface area contributed by atoms with Gasteiger partial charge in [-0.25, -0.2) is 13.1 Å². The van der Waals surface area contributed by atoms with E-state index in [1.54, 1.807) is 86.9 Å². The Hall–Kier alpha value is -5.20. The second-order valence-corrected chi connectivity index (χ2v) is 12.9. The van der Waals surface area contributed by atoms with Crippen LogP contribution in [0.4, 0.5) is 11.4 Å². The average Bonchev–Trinajstić information content (AvgIpc) is 3.10. The van der Waals surface area contributed by atoms with Crippen LogP contribution in [0.5, 0.6) is 11.5 Å². The lowest BCUT2D eigenvalue weighted by Gasteiger charge is -2.26. The molecule has 12 heteroatoms. The molecule has 0 heterocycles. The molecule has 0 unspecified atom stereocenters. The first-order valence-corrected chi connectivity index (χ1v) is 16.9. The lowest BCUT2D eigenvalue weighted by Crippen LogP contribution is -2.53. The second kappa shape index (κ2) is 16.6. The minimum atomic E-state index is -4.36. The molecule has 0 aliphatic heterocycles. The quantitative estimate of drug-likeness (QED) is 0.197. The number of nitrogens with zero attached hydrogens (tertiary/aromatic N) is 2. The van der Waals surface area contributed by atoms with Crippen molar-refractivity contribution in [2.24, 2.45) is 0 Å². The van der Waals surface area contributed by atoms with Crippen LogP contribution in [0.15, 0.2) is 109 Å². The van der Waals surface area contributed by atoms with Gasteiger partial charge in [0.15, 0.2) is 0 Å². The Labute approximate surface area is 281 Å². The Morgan fingerprint density at radius 3 is 1.44 bits per heavy atom. The molecule has 4 aromatic carbocycles. The maximum atomic E-state index is 13.7. The van der Waals surface area contributed by atoms with Gasteiger partial charge in [0, 0.05) is 31.9 Å². The Bertz CT molecular complexity index is 1770. The predicted molar refractivity (Wildman–Crippen MR) is 186 cm³/mol. The number of hydrogen-bond donors (Lipinski definition) is 2. The molecule has 4 rings (SSSR count). The van der Waals surface area contributed by atoms with E-state index in [9.17, 15) is 22.8 Å². The van der Waals surface area contributed by atoms with Gasteiger partial charge in [-0.15, -0.1) is 0 Å². The summed E-state index contributed by atoms with van der Waals surface area (Å²) in [6.45, 7) is 0. The Morgan fingerprint density at radius 2 is 1.02 bits per heavy atom. The van der Waals surface area contributed by atoms with E-state index in [2.05, 4.69) is 10.0 Å². The van der Waals surface area contributed by atoms with Crippen LogP contribution in [0.2, 0.25) is 0 Å². The predicted octanol–water partition coefficient (Wildman–Crippen LogP) is 3.59. The van der Waals surface area contributed by atoms with E-state index in [0.717, 1.165) is 11.1 Å². The zero-order chi connectivity index (χ0) is 34.7. The molecule has 3 amide bonds. The van der Waals surface area contributed by atoms with Crippen molar-refractivity contribution in [1.82, 2.24) is 10.0 Å². The van der Waals surface area contributed by atoms with Gasteiger partial charge in [-0.05, 0) is 66.1 Å². The van der Waals surface area contributed by atoms with Crippen molar-refractivity contribution in [2.75, 3.05) is 43.9 Å². The number of anilines is 2. The molecule has 0 saturated carbocycles. The molecule has 2 atom stereocenters. The van der Waals surface area contributed by atoms with Crippen LogP contribution in [0.25, 0.3) is 0 Å². The van der Waals surface area contributed by atoms with Crippen molar-refractivity contribution in [1.29, 1.82) is 0 Å². The number of nitrogens with one attached hydrogen (secondary N) is 2. The number of amides is 3. The highest BCUT2D eigenvalue weighted by atomic mass is 32.2. The molecule has 0 radical (unpaired) electrons. The maximum Gasteiger partial charge on any atom is 0.249 e. The number of rotatable bonds is 15. The number of carbonyl (C=O) groups is 3. The first-order valence-electron chi connectivity index (χ1n) is 15.2. The topological polar surface area (TPSA) is 134 Å². The molecule has 2 N–H and O–H groups in total. The largest absolute Gasteiger partial charge is 0.497 e. The number of hydrogen-bond acceptors (Lipinski definition) is 7. The molecule has 11 nitrogen and oxygen atoms in total. The van der Waals surface area contributed by atoms with Crippen molar-refractivity contribution in [3.8, 4) is 11.5 Å². The highest BCUT2D eigenvalue weighted by Crippen LogP contribution is 2.21. The Balaban J connectivity index is 1.52. The summed E-state index contributed by atoms with van der Waals surface area (Å²) in [6.07, 6.45) is 0.171. The summed E-state index contributed by atoms with van der Waals surface area (Å²) in [6, 6.07) is 29.4. The zero-order valence-electron chi connectivity index (χ0n) is 27.3. The van der Waals surface area contributed by atoms with E-state index >= 15 is 0 Å². The average molecular weight is 673 g/mol. The molecule has 0 saturated heterocycles. The number of sulfonamides is 1. The highest BCUT2D eigenvalue weighted by Gasteiger charge is 2.31. The first-order chi connectivity index (χ1) is 23.0. The van der Waals surface area contributed by atoms with E-state index in [1.165, 1.54) is 24.0 Å². The SMILES string of the molecule is COc1ccc(N(C)C(=O)[C@H](Cc2ccccc2)NC(=O)CS(=O)(=O)N[C@@H](Cc2ccccc2)C(=O)N(C)c2ccc(OC)cc2)cc1. The zero-order valence-corrected chi connectivity index (χ0v) is 28.1. The lowest BCUT2D eigenvalue weighted by atomic mass is 10.0. The highest BCUT2D eigenvalue weighted by molar-refractivity contribution is 7.90. The standard InChI is InChI=1S/C36H40N4O7S/c1-39(28-15-19-30(46-3)20-16-28)35(42)32(23-26-11-7-5-8-12-26)37-34(41)25-48(44,45)38-33(24-27-13-9-6-10-14-27)36(43)40(2)29-17-21-31(47-4)22-18-29/h5-22,32-33,38H,23-25H2,1-4H3,(H,37,41)/t32-,33-/m0/s1. The Kier molecular flexibility index (Phi) is 12.3. The van der Waals surface area contributed by atoms with Gasteiger partial charge in [0.25, 0.3) is 0 Å². The normalized spacial score (nSPS) is 12.3. The van der Waals surface area contributed by atoms with E-state index < -0.39 is 45.6 Å². The van der Waals surface area contributed by atoms with Crippen LogP contribution in [-0.2, 0) is 37.2 Å². The van der Waals surface area contributed by atoms with E-state index in [0.29, 0.717) is 22.9 Å². The summed E-state index contributed by atoms with van der Waals surface area (Å²) in [5, 5.41) is 2.63. The van der Waals surface area contributed by atoms with Crippen molar-refractivity contribution in [3.05, 3.63) is 120 Å². The van der Waals surface area contributed by atoms with Crippen molar-refractivity contribution < 1.29 is 32.3 Å². The van der Waals surface area contributed by atoms with Crippen molar-refractivity contribution >= 4 is 39.1 Å². The molecule has 0 fully saturated rings. The minimum Gasteiger partial charge on any atom is -0.497 e. The summed E-state index contributed by atoms with van der Waals surface area (Å²) in [5.74, 6) is -1.64. The number of likely N-dealkylation sites (N-methyl/N-ethyl adjacent to an activating group) is 2. The monoisotopic (exact) mass is 672 g/mol. The van der Waals surface area contributed by atoms with Gasteiger partial charge < -0.3 is 24.6 Å². The van der Waals surface area contributed by atoms with Gasteiger partial charge >= 0.3 is 0 Å². The Morgan fingerprint density at radius 1 is 0.625 bits per heavy atom. The summed E-state index contributed by atoms with van der Waals surface area (Å²) < 4.78 is 39.7. The molecule has 0 aromatic heterocycles. The van der Waals surface area contributed by atoms with Gasteiger partial charge in [0.1, 0.15) is 29.3 Å². The van der Waals surface area contributed by atoms with Crippen LogP contribution in [0, 0.1) is 0 Å². The molecule has 48 heavy (non-hydrogen) atoms. The van der Waals surface area contributed by atoms with Gasteiger partial charge in [0.05, 0.1) is 14.2 Å². The smallest absolute Gasteiger partial charge is 0.249 e. The lowest BCUT2D eigenvalue weighted by molar-refractivity contribution is -0.126. The molecular weight excluding hydrogens is 632 g/mol. The summed E-state index contributed by atoms with van der Waals surface area (Å²) in [4.78, 5) is 43.4. The third kappa shape index (κ3) is 9.90. The number of ether oxygens (including phenoxy) is 2. The fourth-order valence-electron chi connectivity index (χ4n) is 5.08. The van der Waals surface area contributed by atoms with Crippen LogP contribution in [0.3, 0.4) is 0 Å². The van der Waals surface area contributed by atoms with Gasteiger partial charge in [0.2, 0.25) is 27.7 Å².